The van der Waals surface area contributed by atoms with Crippen molar-refractivity contribution in [3.05, 3.63) is 0 Å². The molecule has 0 aromatic heterocycles. The van der Waals surface area contributed by atoms with E-state index in [1.807, 2.05) is 0 Å². The van der Waals surface area contributed by atoms with E-state index in [0.29, 0.717) is 0 Å². The summed E-state index contributed by atoms with van der Waals surface area (Å²) in [5, 5.41) is 3.50. The van der Waals surface area contributed by atoms with Crippen LogP contribution in [0, 0.1) is 5.92 Å². The molecule has 0 bridgehead atoms. The van der Waals surface area contributed by atoms with Crippen molar-refractivity contribution in [3.8, 4) is 0 Å². The van der Waals surface area contributed by atoms with Gasteiger partial charge < -0.3 is 10.1 Å². The molecule has 0 aliphatic carbocycles. The largest absolute Gasteiger partial charge is 0.381 e. The lowest BCUT2D eigenvalue weighted by Gasteiger charge is -2.13. The van der Waals surface area contributed by atoms with E-state index < -0.39 is 0 Å². The molecule has 1 N–H and O–H groups in total. The molecule has 0 saturated heterocycles. The van der Waals surface area contributed by atoms with Gasteiger partial charge in [-0.25, -0.2) is 0 Å². The van der Waals surface area contributed by atoms with Crippen LogP contribution in [-0.4, -0.2) is 26.3 Å². The van der Waals surface area contributed by atoms with Gasteiger partial charge in [0.15, 0.2) is 0 Å². The second kappa shape index (κ2) is 12.0. The van der Waals surface area contributed by atoms with Crippen molar-refractivity contribution in [3.63, 3.8) is 0 Å². The lowest BCUT2D eigenvalue weighted by molar-refractivity contribution is 0.128. The number of rotatable bonds is 11. The molecule has 0 unspecified atom stereocenters. The Balaban J connectivity index is 3.04. The zero-order valence-electron chi connectivity index (χ0n) is 10.8. The minimum Gasteiger partial charge on any atom is -0.381 e. The number of unbranched alkanes of at least 4 members (excludes halogenated alkanes) is 1. The van der Waals surface area contributed by atoms with E-state index in [-0.39, 0.29) is 0 Å². The normalized spacial score (nSPS) is 11.2. The highest BCUT2D eigenvalue weighted by atomic mass is 16.5. The smallest absolute Gasteiger partial charge is 0.0478 e. The molecule has 0 heterocycles. The first-order valence-electron chi connectivity index (χ1n) is 6.63. The third-order valence-electron chi connectivity index (χ3n) is 2.87. The molecule has 0 aliphatic rings. The predicted molar refractivity (Wildman–Crippen MR) is 67.3 cm³/mol. The Labute approximate surface area is 95.8 Å². The zero-order chi connectivity index (χ0) is 11.4. The molecular formula is C13H29NO. The summed E-state index contributed by atoms with van der Waals surface area (Å²) < 4.78 is 5.49. The molecule has 0 atom stereocenters. The van der Waals surface area contributed by atoms with E-state index in [2.05, 4.69) is 26.1 Å². The van der Waals surface area contributed by atoms with Crippen LogP contribution in [0.3, 0.4) is 0 Å². The molecule has 0 fully saturated rings. The summed E-state index contributed by atoms with van der Waals surface area (Å²) in [4.78, 5) is 0. The maximum Gasteiger partial charge on any atom is 0.0478 e. The van der Waals surface area contributed by atoms with Crippen LogP contribution in [0.1, 0.15) is 52.9 Å². The van der Waals surface area contributed by atoms with Crippen molar-refractivity contribution in [2.24, 2.45) is 5.92 Å². The molecule has 0 saturated carbocycles. The maximum absolute atomic E-state index is 5.49. The second-order valence-electron chi connectivity index (χ2n) is 4.21. The number of hydrogen-bond donors (Lipinski definition) is 1. The third-order valence-corrected chi connectivity index (χ3v) is 2.87. The second-order valence-corrected chi connectivity index (χ2v) is 4.21. The van der Waals surface area contributed by atoms with E-state index in [1.54, 1.807) is 0 Å². The molecule has 2 heteroatoms. The quantitative estimate of drug-likeness (QED) is 0.534. The van der Waals surface area contributed by atoms with E-state index in [1.165, 1.54) is 32.2 Å². The number of nitrogens with one attached hydrogen (secondary N) is 1. The van der Waals surface area contributed by atoms with Crippen LogP contribution < -0.4 is 5.32 Å². The first kappa shape index (κ1) is 14.9. The van der Waals surface area contributed by atoms with Crippen LogP contribution in [0.4, 0.5) is 0 Å². The van der Waals surface area contributed by atoms with Crippen molar-refractivity contribution < 1.29 is 4.74 Å². The maximum atomic E-state index is 5.49. The lowest BCUT2D eigenvalue weighted by atomic mass is 10.0. The average molecular weight is 215 g/mol. The predicted octanol–water partition coefficient (Wildman–Crippen LogP) is 3.22. The fraction of sp³-hybridized carbons (Fsp3) is 1.00. The first-order chi connectivity index (χ1) is 7.35. The van der Waals surface area contributed by atoms with E-state index >= 15 is 0 Å². The molecule has 15 heavy (non-hydrogen) atoms. The number of hydrogen-bond acceptors (Lipinski definition) is 2. The van der Waals surface area contributed by atoms with Crippen molar-refractivity contribution in [1.82, 2.24) is 5.32 Å². The Kier molecular flexibility index (Phi) is 11.9. The topological polar surface area (TPSA) is 21.3 Å². The van der Waals surface area contributed by atoms with Crippen molar-refractivity contribution in [2.75, 3.05) is 26.3 Å². The lowest BCUT2D eigenvalue weighted by Crippen LogP contribution is -2.24. The summed E-state index contributed by atoms with van der Waals surface area (Å²) in [5.41, 5.74) is 0. The summed E-state index contributed by atoms with van der Waals surface area (Å²) >= 11 is 0. The van der Waals surface area contributed by atoms with Crippen LogP contribution >= 0.6 is 0 Å². The van der Waals surface area contributed by atoms with Gasteiger partial charge in [0, 0.05) is 13.2 Å². The summed E-state index contributed by atoms with van der Waals surface area (Å²) in [6.07, 6.45) is 6.14. The fourth-order valence-corrected chi connectivity index (χ4v) is 1.53. The van der Waals surface area contributed by atoms with Gasteiger partial charge in [-0.1, -0.05) is 40.0 Å². The van der Waals surface area contributed by atoms with Gasteiger partial charge in [0.25, 0.3) is 0 Å². The van der Waals surface area contributed by atoms with Gasteiger partial charge in [0.1, 0.15) is 0 Å². The van der Waals surface area contributed by atoms with Gasteiger partial charge in [0.05, 0.1) is 0 Å². The summed E-state index contributed by atoms with van der Waals surface area (Å²) in [6, 6.07) is 0. The molecule has 0 rings (SSSR count). The molecule has 0 aromatic carbocycles. The first-order valence-corrected chi connectivity index (χ1v) is 6.63. The monoisotopic (exact) mass is 215 g/mol. The summed E-state index contributed by atoms with van der Waals surface area (Å²) in [6.45, 7) is 10.8. The van der Waals surface area contributed by atoms with E-state index in [9.17, 15) is 0 Å². The highest BCUT2D eigenvalue weighted by Gasteiger charge is 2.01. The molecule has 0 aromatic rings. The van der Waals surface area contributed by atoms with Gasteiger partial charge in [0.2, 0.25) is 0 Å². The van der Waals surface area contributed by atoms with E-state index in [4.69, 9.17) is 4.74 Å². The van der Waals surface area contributed by atoms with Crippen LogP contribution in [0.25, 0.3) is 0 Å². The summed E-state index contributed by atoms with van der Waals surface area (Å²) in [7, 11) is 0. The SMILES string of the molecule is CCCCOCCCNCC(CC)CC. The van der Waals surface area contributed by atoms with Crippen LogP contribution in [-0.2, 0) is 4.74 Å². The number of ether oxygens (including phenoxy) is 1. The Morgan fingerprint density at radius 3 is 2.27 bits per heavy atom. The standard InChI is InChI=1S/C13H29NO/c1-4-7-10-15-11-8-9-14-12-13(5-2)6-3/h13-14H,4-12H2,1-3H3. The molecule has 0 amide bonds. The molecule has 0 radical (unpaired) electrons. The highest BCUT2D eigenvalue weighted by Crippen LogP contribution is 2.04. The third kappa shape index (κ3) is 10.2. The Bertz CT molecular complexity index is 113. The molecule has 0 spiro atoms. The fourth-order valence-electron chi connectivity index (χ4n) is 1.53. The Morgan fingerprint density at radius 2 is 1.67 bits per heavy atom. The van der Waals surface area contributed by atoms with Crippen LogP contribution in [0.2, 0.25) is 0 Å². The van der Waals surface area contributed by atoms with Crippen LogP contribution in [0.15, 0.2) is 0 Å². The van der Waals surface area contributed by atoms with Gasteiger partial charge in [-0.2, -0.15) is 0 Å². The molecular weight excluding hydrogens is 186 g/mol. The van der Waals surface area contributed by atoms with Crippen molar-refractivity contribution >= 4 is 0 Å². The Morgan fingerprint density at radius 1 is 1.00 bits per heavy atom. The van der Waals surface area contributed by atoms with Gasteiger partial charge in [-0.3, -0.25) is 0 Å². The molecule has 0 aliphatic heterocycles. The van der Waals surface area contributed by atoms with Crippen LogP contribution in [0.5, 0.6) is 0 Å². The molecule has 92 valence electrons. The van der Waals surface area contributed by atoms with Gasteiger partial charge in [-0.15, -0.1) is 0 Å². The van der Waals surface area contributed by atoms with Crippen molar-refractivity contribution in [2.45, 2.75) is 52.9 Å². The Hall–Kier alpha value is -0.0800. The zero-order valence-corrected chi connectivity index (χ0v) is 10.8. The highest BCUT2D eigenvalue weighted by molar-refractivity contribution is 4.58. The van der Waals surface area contributed by atoms with Gasteiger partial charge in [-0.05, 0) is 31.8 Å². The van der Waals surface area contributed by atoms with Crippen molar-refractivity contribution in [1.29, 1.82) is 0 Å². The van der Waals surface area contributed by atoms with E-state index in [0.717, 1.165) is 32.1 Å². The molecule has 2 nitrogen and oxygen atoms in total. The van der Waals surface area contributed by atoms with Gasteiger partial charge >= 0.3 is 0 Å². The minimum atomic E-state index is 0.853. The minimum absolute atomic E-state index is 0.853. The average Bonchev–Trinajstić information content (AvgIpc) is 2.27. The summed E-state index contributed by atoms with van der Waals surface area (Å²) in [5.74, 6) is 0.853.